The van der Waals surface area contributed by atoms with Gasteiger partial charge in [-0.15, -0.1) is 11.3 Å². The molecule has 6 nitrogen and oxygen atoms in total. The highest BCUT2D eigenvalue weighted by atomic mass is 32.1. The van der Waals surface area contributed by atoms with Crippen molar-refractivity contribution in [1.29, 1.82) is 0 Å². The Labute approximate surface area is 137 Å². The van der Waals surface area contributed by atoms with Gasteiger partial charge in [0, 0.05) is 24.5 Å². The molecule has 2 aromatic heterocycles. The van der Waals surface area contributed by atoms with E-state index in [0.29, 0.717) is 28.0 Å². The van der Waals surface area contributed by atoms with Gasteiger partial charge < -0.3 is 4.52 Å². The summed E-state index contributed by atoms with van der Waals surface area (Å²) in [5.41, 5.74) is 1.13. The fraction of sp³-hybridized carbons (Fsp3) is 0.250. The molecule has 3 rings (SSSR count). The number of anilines is 1. The fourth-order valence-corrected chi connectivity index (χ4v) is 2.69. The van der Waals surface area contributed by atoms with Gasteiger partial charge in [-0.2, -0.15) is 4.98 Å². The van der Waals surface area contributed by atoms with Crippen LogP contribution >= 0.6 is 11.3 Å². The highest BCUT2D eigenvalue weighted by Gasteiger charge is 2.22. The summed E-state index contributed by atoms with van der Waals surface area (Å²) in [6.45, 7) is 3.98. The van der Waals surface area contributed by atoms with Crippen LogP contribution in [0.4, 0.5) is 5.13 Å². The van der Waals surface area contributed by atoms with Crippen LogP contribution in [-0.2, 0) is 0 Å². The van der Waals surface area contributed by atoms with Crippen molar-refractivity contribution in [1.82, 2.24) is 15.1 Å². The average molecular weight is 328 g/mol. The minimum atomic E-state index is -0.167. The predicted molar refractivity (Wildman–Crippen MR) is 88.7 cm³/mol. The van der Waals surface area contributed by atoms with E-state index in [4.69, 9.17) is 4.52 Å². The summed E-state index contributed by atoms with van der Waals surface area (Å²) in [4.78, 5) is 22.8. The Bertz CT molecular complexity index is 811. The van der Waals surface area contributed by atoms with E-state index in [2.05, 4.69) is 15.1 Å². The average Bonchev–Trinajstić information content (AvgIpc) is 3.24. The molecule has 0 unspecified atom stereocenters. The molecular formula is C16H16N4O2S. The summed E-state index contributed by atoms with van der Waals surface area (Å²) in [5, 5.41) is 6.43. The van der Waals surface area contributed by atoms with Gasteiger partial charge in [0.1, 0.15) is 0 Å². The number of nitrogens with zero attached hydrogens (tertiary/aromatic N) is 4. The van der Waals surface area contributed by atoms with Crippen molar-refractivity contribution in [3.05, 3.63) is 47.2 Å². The summed E-state index contributed by atoms with van der Waals surface area (Å²) in [6.07, 6.45) is 1.67. The zero-order valence-electron chi connectivity index (χ0n) is 13.1. The predicted octanol–water partition coefficient (Wildman–Crippen LogP) is 3.59. The molecule has 1 amide bonds. The van der Waals surface area contributed by atoms with Crippen molar-refractivity contribution < 1.29 is 9.32 Å². The lowest BCUT2D eigenvalue weighted by atomic mass is 10.1. The fourth-order valence-electron chi connectivity index (χ4n) is 2.08. The topological polar surface area (TPSA) is 72.1 Å². The van der Waals surface area contributed by atoms with Crippen molar-refractivity contribution >= 4 is 22.4 Å². The largest absolute Gasteiger partial charge is 0.334 e. The van der Waals surface area contributed by atoms with Crippen molar-refractivity contribution in [3.63, 3.8) is 0 Å². The van der Waals surface area contributed by atoms with Crippen LogP contribution in [0.1, 0.15) is 35.9 Å². The maximum atomic E-state index is 12.8. The van der Waals surface area contributed by atoms with Gasteiger partial charge in [0.15, 0.2) is 11.0 Å². The van der Waals surface area contributed by atoms with Crippen LogP contribution in [0.25, 0.3) is 11.5 Å². The van der Waals surface area contributed by atoms with E-state index in [1.807, 2.05) is 31.4 Å². The maximum absolute atomic E-state index is 12.8. The molecule has 0 saturated heterocycles. The van der Waals surface area contributed by atoms with Crippen molar-refractivity contribution in [2.45, 2.75) is 19.8 Å². The molecule has 0 N–H and O–H groups in total. The van der Waals surface area contributed by atoms with Gasteiger partial charge in [0.05, 0.1) is 11.1 Å². The Morgan fingerprint density at radius 1 is 1.30 bits per heavy atom. The summed E-state index contributed by atoms with van der Waals surface area (Å²) in [7, 11) is 1.70. The molecule has 0 saturated carbocycles. The molecule has 2 heterocycles. The first-order valence-corrected chi connectivity index (χ1v) is 8.06. The van der Waals surface area contributed by atoms with E-state index in [-0.39, 0.29) is 11.8 Å². The summed E-state index contributed by atoms with van der Waals surface area (Å²) < 4.78 is 5.33. The number of amides is 1. The van der Waals surface area contributed by atoms with Gasteiger partial charge in [-0.3, -0.25) is 9.69 Å². The third kappa shape index (κ3) is 3.00. The van der Waals surface area contributed by atoms with Gasteiger partial charge in [0.25, 0.3) is 11.8 Å². The SMILES string of the molecule is CC(C)c1noc(-c2ccccc2C(=O)N(C)c2nccs2)n1. The van der Waals surface area contributed by atoms with E-state index >= 15 is 0 Å². The number of rotatable bonds is 4. The van der Waals surface area contributed by atoms with E-state index in [9.17, 15) is 4.79 Å². The lowest BCUT2D eigenvalue weighted by Crippen LogP contribution is -2.26. The lowest BCUT2D eigenvalue weighted by Gasteiger charge is -2.15. The molecule has 23 heavy (non-hydrogen) atoms. The van der Waals surface area contributed by atoms with Crippen molar-refractivity contribution in [2.75, 3.05) is 11.9 Å². The number of hydrogen-bond donors (Lipinski definition) is 0. The number of carbonyl (C=O) groups is 1. The van der Waals surface area contributed by atoms with Crippen LogP contribution in [0.3, 0.4) is 0 Å². The van der Waals surface area contributed by atoms with Crippen LogP contribution in [-0.4, -0.2) is 28.1 Å². The molecule has 0 atom stereocenters. The van der Waals surface area contributed by atoms with Gasteiger partial charge in [0.2, 0.25) is 0 Å². The van der Waals surface area contributed by atoms with Crippen molar-refractivity contribution in [2.24, 2.45) is 0 Å². The second kappa shape index (κ2) is 6.29. The molecule has 0 spiro atoms. The monoisotopic (exact) mass is 328 g/mol. The van der Waals surface area contributed by atoms with E-state index in [1.165, 1.54) is 16.2 Å². The minimum Gasteiger partial charge on any atom is -0.334 e. The Morgan fingerprint density at radius 2 is 2.09 bits per heavy atom. The second-order valence-corrected chi connectivity index (χ2v) is 6.21. The maximum Gasteiger partial charge on any atom is 0.260 e. The number of hydrogen-bond acceptors (Lipinski definition) is 6. The van der Waals surface area contributed by atoms with Crippen LogP contribution < -0.4 is 4.90 Å². The highest BCUT2D eigenvalue weighted by Crippen LogP contribution is 2.26. The quantitative estimate of drug-likeness (QED) is 0.732. The molecule has 0 aliphatic rings. The Hall–Kier alpha value is -2.54. The highest BCUT2D eigenvalue weighted by molar-refractivity contribution is 7.13. The Kier molecular flexibility index (Phi) is 4.20. The van der Waals surface area contributed by atoms with Gasteiger partial charge in [-0.1, -0.05) is 31.1 Å². The number of carbonyl (C=O) groups excluding carboxylic acids is 1. The van der Waals surface area contributed by atoms with Crippen molar-refractivity contribution in [3.8, 4) is 11.5 Å². The zero-order chi connectivity index (χ0) is 16.4. The summed E-state index contributed by atoms with van der Waals surface area (Å²) in [6, 6.07) is 7.21. The van der Waals surface area contributed by atoms with Crippen LogP contribution in [0, 0.1) is 0 Å². The first-order valence-electron chi connectivity index (χ1n) is 7.18. The minimum absolute atomic E-state index is 0.161. The second-order valence-electron chi connectivity index (χ2n) is 5.34. The smallest absolute Gasteiger partial charge is 0.260 e. The third-order valence-electron chi connectivity index (χ3n) is 3.36. The molecule has 7 heteroatoms. The molecule has 1 aromatic carbocycles. The van der Waals surface area contributed by atoms with E-state index in [0.717, 1.165) is 0 Å². The molecule has 0 aliphatic carbocycles. The zero-order valence-corrected chi connectivity index (χ0v) is 13.9. The number of thiazole rings is 1. The Balaban J connectivity index is 1.98. The molecule has 118 valence electrons. The lowest BCUT2D eigenvalue weighted by molar-refractivity contribution is 0.0993. The molecule has 0 aliphatic heterocycles. The van der Waals surface area contributed by atoms with Crippen LogP contribution in [0.2, 0.25) is 0 Å². The first kappa shape index (κ1) is 15.4. The van der Waals surface area contributed by atoms with Gasteiger partial charge in [-0.25, -0.2) is 4.98 Å². The van der Waals surface area contributed by atoms with Gasteiger partial charge in [-0.05, 0) is 12.1 Å². The Morgan fingerprint density at radius 3 is 2.74 bits per heavy atom. The molecular weight excluding hydrogens is 312 g/mol. The van der Waals surface area contributed by atoms with E-state index < -0.39 is 0 Å². The normalized spacial score (nSPS) is 11.0. The standard InChI is InChI=1S/C16H16N4O2S/c1-10(2)13-18-14(22-19-13)11-6-4-5-7-12(11)15(21)20(3)16-17-8-9-23-16/h4-10H,1-3H3. The molecule has 3 aromatic rings. The van der Waals surface area contributed by atoms with Crippen LogP contribution in [0.15, 0.2) is 40.4 Å². The number of aromatic nitrogens is 3. The molecule has 0 radical (unpaired) electrons. The van der Waals surface area contributed by atoms with Crippen LogP contribution in [0.5, 0.6) is 0 Å². The first-order chi connectivity index (χ1) is 11.1. The molecule has 0 bridgehead atoms. The van der Waals surface area contributed by atoms with E-state index in [1.54, 1.807) is 25.4 Å². The molecule has 0 fully saturated rings. The summed E-state index contributed by atoms with van der Waals surface area (Å²) in [5.74, 6) is 0.967. The third-order valence-corrected chi connectivity index (χ3v) is 4.20. The number of benzene rings is 1. The summed E-state index contributed by atoms with van der Waals surface area (Å²) >= 11 is 1.41. The van der Waals surface area contributed by atoms with Gasteiger partial charge >= 0.3 is 0 Å².